The maximum atomic E-state index is 6.26. The van der Waals surface area contributed by atoms with Crippen LogP contribution in [-0.4, -0.2) is 43.3 Å². The zero-order valence-electron chi connectivity index (χ0n) is 13.2. The van der Waals surface area contributed by atoms with Gasteiger partial charge in [0, 0.05) is 31.3 Å². The van der Waals surface area contributed by atoms with Crippen LogP contribution in [0, 0.1) is 5.41 Å². The van der Waals surface area contributed by atoms with Gasteiger partial charge in [-0.15, -0.1) is 0 Å². The zero-order valence-corrected chi connectivity index (χ0v) is 13.2. The van der Waals surface area contributed by atoms with Crippen LogP contribution < -0.4 is 5.73 Å². The van der Waals surface area contributed by atoms with Gasteiger partial charge in [0.25, 0.3) is 0 Å². The number of rotatable bonds is 3. The van der Waals surface area contributed by atoms with Crippen molar-refractivity contribution in [3.05, 3.63) is 0 Å². The first-order valence-electron chi connectivity index (χ1n) is 8.71. The van der Waals surface area contributed by atoms with Crippen molar-refractivity contribution in [3.8, 4) is 0 Å². The molecule has 0 unspecified atom stereocenters. The monoisotopic (exact) mass is 280 g/mol. The fourth-order valence-corrected chi connectivity index (χ4v) is 5.03. The van der Waals surface area contributed by atoms with E-state index in [2.05, 4.69) is 11.9 Å². The molecule has 0 atom stereocenters. The first kappa shape index (κ1) is 14.8. The summed E-state index contributed by atoms with van der Waals surface area (Å²) in [7, 11) is 2.33. The van der Waals surface area contributed by atoms with Gasteiger partial charge in [-0.1, -0.05) is 12.8 Å². The van der Waals surface area contributed by atoms with E-state index < -0.39 is 0 Å². The van der Waals surface area contributed by atoms with E-state index in [1.807, 2.05) is 0 Å². The lowest BCUT2D eigenvalue weighted by Crippen LogP contribution is -2.59. The Balaban J connectivity index is 1.65. The first-order chi connectivity index (χ1) is 9.70. The summed E-state index contributed by atoms with van der Waals surface area (Å²) < 4.78 is 5.52. The van der Waals surface area contributed by atoms with Crippen LogP contribution in [0.2, 0.25) is 0 Å². The van der Waals surface area contributed by atoms with Gasteiger partial charge < -0.3 is 10.5 Å². The fourth-order valence-electron chi connectivity index (χ4n) is 5.03. The molecule has 3 aliphatic rings. The van der Waals surface area contributed by atoms with Gasteiger partial charge in [-0.2, -0.15) is 0 Å². The first-order valence-corrected chi connectivity index (χ1v) is 8.71. The minimum atomic E-state index is 0.274. The van der Waals surface area contributed by atoms with Crippen LogP contribution in [-0.2, 0) is 4.74 Å². The average Bonchev–Trinajstić information content (AvgIpc) is 2.97. The van der Waals surface area contributed by atoms with Crippen molar-refractivity contribution in [1.29, 1.82) is 0 Å². The predicted molar refractivity (Wildman–Crippen MR) is 82.8 cm³/mol. The molecule has 0 aromatic carbocycles. The topological polar surface area (TPSA) is 38.5 Å². The van der Waals surface area contributed by atoms with E-state index in [1.54, 1.807) is 0 Å². The summed E-state index contributed by atoms with van der Waals surface area (Å²) in [6, 6.07) is 0.685. The highest BCUT2D eigenvalue weighted by Gasteiger charge is 2.46. The molecule has 2 N–H and O–H groups in total. The molecule has 116 valence electrons. The molecule has 1 heterocycles. The Kier molecular flexibility index (Phi) is 4.40. The third kappa shape index (κ3) is 2.65. The Morgan fingerprint density at radius 1 is 1.00 bits per heavy atom. The standard InChI is InChI=1S/C17H32N2O/c1-19(15-4-12-20-13-5-15)17(14-18)10-8-16(9-11-17)6-2-3-7-16/h15H,2-14,18H2,1H3. The molecule has 0 aromatic rings. The van der Waals surface area contributed by atoms with E-state index in [4.69, 9.17) is 10.5 Å². The van der Waals surface area contributed by atoms with Crippen molar-refractivity contribution in [2.75, 3.05) is 26.8 Å². The van der Waals surface area contributed by atoms with E-state index in [1.165, 1.54) is 64.2 Å². The summed E-state index contributed by atoms with van der Waals surface area (Å²) in [5.41, 5.74) is 7.24. The smallest absolute Gasteiger partial charge is 0.0480 e. The second-order valence-corrected chi connectivity index (χ2v) is 7.59. The lowest BCUT2D eigenvalue weighted by atomic mass is 9.65. The quantitative estimate of drug-likeness (QED) is 0.864. The summed E-state index contributed by atoms with van der Waals surface area (Å²) in [4.78, 5) is 2.65. The number of hydrogen-bond acceptors (Lipinski definition) is 3. The molecule has 1 spiro atoms. The van der Waals surface area contributed by atoms with Gasteiger partial charge in [-0.3, -0.25) is 4.90 Å². The third-order valence-electron chi connectivity index (χ3n) is 6.77. The minimum Gasteiger partial charge on any atom is -0.381 e. The molecule has 2 aliphatic carbocycles. The molecular weight excluding hydrogens is 248 g/mol. The Morgan fingerprint density at radius 3 is 2.15 bits per heavy atom. The summed E-state index contributed by atoms with van der Waals surface area (Å²) in [6.07, 6.45) is 13.7. The Hall–Kier alpha value is -0.120. The highest BCUT2D eigenvalue weighted by molar-refractivity contribution is 5.02. The van der Waals surface area contributed by atoms with Crippen LogP contribution in [0.4, 0.5) is 0 Å². The summed E-state index contributed by atoms with van der Waals surface area (Å²) >= 11 is 0. The normalized spacial score (nSPS) is 30.1. The lowest BCUT2D eigenvalue weighted by Gasteiger charge is -2.52. The third-order valence-corrected chi connectivity index (χ3v) is 6.77. The molecule has 20 heavy (non-hydrogen) atoms. The van der Waals surface area contributed by atoms with Crippen LogP contribution in [0.1, 0.15) is 64.2 Å². The largest absolute Gasteiger partial charge is 0.381 e. The van der Waals surface area contributed by atoms with Crippen molar-refractivity contribution < 1.29 is 4.74 Å². The maximum Gasteiger partial charge on any atom is 0.0480 e. The molecule has 3 fully saturated rings. The zero-order chi connectivity index (χ0) is 14.1. The van der Waals surface area contributed by atoms with Crippen LogP contribution >= 0.6 is 0 Å². The molecule has 0 radical (unpaired) electrons. The molecule has 1 saturated heterocycles. The van der Waals surface area contributed by atoms with Crippen LogP contribution in [0.3, 0.4) is 0 Å². The fraction of sp³-hybridized carbons (Fsp3) is 1.00. The van der Waals surface area contributed by atoms with Gasteiger partial charge in [-0.25, -0.2) is 0 Å². The van der Waals surface area contributed by atoms with E-state index in [0.717, 1.165) is 19.8 Å². The van der Waals surface area contributed by atoms with Crippen LogP contribution in [0.15, 0.2) is 0 Å². The molecule has 3 nitrogen and oxygen atoms in total. The van der Waals surface area contributed by atoms with Crippen LogP contribution in [0.5, 0.6) is 0 Å². The highest BCUT2D eigenvalue weighted by Crippen LogP contribution is 2.52. The number of likely N-dealkylation sites (N-methyl/N-ethyl adjacent to an activating group) is 1. The van der Waals surface area contributed by atoms with E-state index in [9.17, 15) is 0 Å². The second-order valence-electron chi connectivity index (χ2n) is 7.59. The molecule has 3 rings (SSSR count). The summed E-state index contributed by atoms with van der Waals surface area (Å²) in [5.74, 6) is 0. The number of ether oxygens (including phenoxy) is 1. The number of nitrogens with two attached hydrogens (primary N) is 1. The lowest BCUT2D eigenvalue weighted by molar-refractivity contribution is -0.0336. The van der Waals surface area contributed by atoms with E-state index in [0.29, 0.717) is 11.5 Å². The maximum absolute atomic E-state index is 6.26. The Labute approximate surface area is 124 Å². The molecule has 0 aromatic heterocycles. The Bertz CT molecular complexity index is 309. The molecule has 2 saturated carbocycles. The van der Waals surface area contributed by atoms with E-state index in [-0.39, 0.29) is 5.54 Å². The highest BCUT2D eigenvalue weighted by atomic mass is 16.5. The van der Waals surface area contributed by atoms with Gasteiger partial charge >= 0.3 is 0 Å². The van der Waals surface area contributed by atoms with Gasteiger partial charge in [0.2, 0.25) is 0 Å². The van der Waals surface area contributed by atoms with Crippen molar-refractivity contribution >= 4 is 0 Å². The molecule has 1 aliphatic heterocycles. The number of hydrogen-bond donors (Lipinski definition) is 1. The Morgan fingerprint density at radius 2 is 1.60 bits per heavy atom. The van der Waals surface area contributed by atoms with Crippen molar-refractivity contribution in [2.45, 2.75) is 75.8 Å². The molecular formula is C17H32N2O. The minimum absolute atomic E-state index is 0.274. The van der Waals surface area contributed by atoms with Crippen LogP contribution in [0.25, 0.3) is 0 Å². The predicted octanol–water partition coefficient (Wildman–Crippen LogP) is 2.93. The average molecular weight is 280 g/mol. The summed E-state index contributed by atoms with van der Waals surface area (Å²) in [5, 5.41) is 0. The SMILES string of the molecule is CN(C1CCOCC1)C1(CN)CCC2(CCCC2)CC1. The van der Waals surface area contributed by atoms with Crippen molar-refractivity contribution in [1.82, 2.24) is 4.90 Å². The van der Waals surface area contributed by atoms with Crippen molar-refractivity contribution in [2.24, 2.45) is 11.1 Å². The van der Waals surface area contributed by atoms with Gasteiger partial charge in [0.1, 0.15) is 0 Å². The molecule has 3 heteroatoms. The number of nitrogens with zero attached hydrogens (tertiary/aromatic N) is 1. The van der Waals surface area contributed by atoms with Gasteiger partial charge in [-0.05, 0) is 63.8 Å². The van der Waals surface area contributed by atoms with Gasteiger partial charge in [0.05, 0.1) is 0 Å². The second kappa shape index (κ2) is 5.94. The molecule has 0 amide bonds. The van der Waals surface area contributed by atoms with Gasteiger partial charge in [0.15, 0.2) is 0 Å². The van der Waals surface area contributed by atoms with E-state index >= 15 is 0 Å². The molecule has 0 bridgehead atoms. The van der Waals surface area contributed by atoms with Crippen molar-refractivity contribution in [3.63, 3.8) is 0 Å². The summed E-state index contributed by atoms with van der Waals surface area (Å²) in [6.45, 7) is 2.69.